The molecular weight excluding hydrogens is 324 g/mol. The molecule has 0 radical (unpaired) electrons. The Kier molecular flexibility index (Phi) is 5.59. The van der Waals surface area contributed by atoms with E-state index in [1.165, 1.54) is 83.5 Å². The highest BCUT2D eigenvalue weighted by atomic mass is 14.6. The third-order valence-corrected chi connectivity index (χ3v) is 10.1. The van der Waals surface area contributed by atoms with Gasteiger partial charge in [0.15, 0.2) is 0 Å². The first-order chi connectivity index (χ1) is 12.9. The van der Waals surface area contributed by atoms with Gasteiger partial charge in [0.2, 0.25) is 0 Å². The maximum absolute atomic E-state index is 2.70. The Morgan fingerprint density at radius 3 is 2.48 bits per heavy atom. The van der Waals surface area contributed by atoms with Crippen LogP contribution in [0.25, 0.3) is 0 Å². The zero-order valence-electron chi connectivity index (χ0n) is 19.1. The lowest BCUT2D eigenvalue weighted by molar-refractivity contribution is 0.00933. The van der Waals surface area contributed by atoms with E-state index >= 15 is 0 Å². The van der Waals surface area contributed by atoms with Crippen LogP contribution >= 0.6 is 0 Å². The summed E-state index contributed by atoms with van der Waals surface area (Å²) < 4.78 is 0. The van der Waals surface area contributed by atoms with Crippen LogP contribution in [-0.2, 0) is 0 Å². The molecule has 0 saturated heterocycles. The van der Waals surface area contributed by atoms with Crippen molar-refractivity contribution in [2.45, 2.75) is 118 Å². The third kappa shape index (κ3) is 3.36. The average molecular weight is 371 g/mol. The van der Waals surface area contributed by atoms with Crippen molar-refractivity contribution in [3.05, 3.63) is 11.1 Å². The molecule has 0 heteroatoms. The van der Waals surface area contributed by atoms with Gasteiger partial charge in [-0.15, -0.1) is 0 Å². The van der Waals surface area contributed by atoms with E-state index in [1.54, 1.807) is 0 Å². The summed E-state index contributed by atoms with van der Waals surface area (Å²) in [4.78, 5) is 0. The van der Waals surface area contributed by atoms with Crippen LogP contribution in [0.15, 0.2) is 11.1 Å². The van der Waals surface area contributed by atoms with Gasteiger partial charge in [0.05, 0.1) is 0 Å². The second-order valence-electron chi connectivity index (χ2n) is 11.9. The molecule has 3 fully saturated rings. The summed E-state index contributed by atoms with van der Waals surface area (Å²) >= 11 is 0. The van der Waals surface area contributed by atoms with Crippen molar-refractivity contribution in [2.24, 2.45) is 40.4 Å². The van der Waals surface area contributed by atoms with E-state index in [0.29, 0.717) is 10.8 Å². The first kappa shape index (κ1) is 20.0. The first-order valence-corrected chi connectivity index (χ1v) is 12.6. The lowest BCUT2D eigenvalue weighted by Gasteiger charge is -2.56. The predicted octanol–water partition coefficient (Wildman–Crippen LogP) is 8.56. The van der Waals surface area contributed by atoms with Crippen LogP contribution in [0.2, 0.25) is 0 Å². The number of hydrogen-bond donors (Lipinski definition) is 0. The summed E-state index contributed by atoms with van der Waals surface area (Å²) in [5.41, 5.74) is 5.20. The summed E-state index contributed by atoms with van der Waals surface area (Å²) in [7, 11) is 0. The zero-order valence-corrected chi connectivity index (χ0v) is 19.1. The first-order valence-electron chi connectivity index (χ1n) is 12.6. The van der Waals surface area contributed by atoms with Gasteiger partial charge in [0, 0.05) is 0 Å². The van der Waals surface area contributed by atoms with E-state index in [1.807, 2.05) is 11.1 Å². The Morgan fingerprint density at radius 2 is 1.70 bits per heavy atom. The van der Waals surface area contributed by atoms with Gasteiger partial charge < -0.3 is 0 Å². The van der Waals surface area contributed by atoms with E-state index < -0.39 is 0 Å². The molecular formula is C27H46. The monoisotopic (exact) mass is 370 g/mol. The highest BCUT2D eigenvalue weighted by Gasteiger charge is 2.54. The molecule has 0 aromatic carbocycles. The van der Waals surface area contributed by atoms with Crippen LogP contribution in [0.3, 0.4) is 0 Å². The minimum atomic E-state index is 0.556. The van der Waals surface area contributed by atoms with Crippen LogP contribution in [0, 0.1) is 40.4 Å². The largest absolute Gasteiger partial charge is 0.0668 e. The standard InChI is InChI=1S/C27H46/c1-19(2)9-8-10-20(3)23-14-15-24-22-13-12-21-11-6-7-17-26(21,4)25(22)16-18-27(23,24)5/h19-21,23,25H,6-18H2,1-5H3. The smallest absolute Gasteiger partial charge is 0.00825 e. The second-order valence-corrected chi connectivity index (χ2v) is 11.9. The Hall–Kier alpha value is -0.260. The van der Waals surface area contributed by atoms with Crippen molar-refractivity contribution < 1.29 is 0 Å². The second kappa shape index (κ2) is 7.53. The van der Waals surface area contributed by atoms with Crippen LogP contribution in [0.5, 0.6) is 0 Å². The molecule has 4 rings (SSSR count). The molecule has 0 bridgehead atoms. The van der Waals surface area contributed by atoms with Crippen LogP contribution in [0.4, 0.5) is 0 Å². The minimum absolute atomic E-state index is 0.556. The van der Waals surface area contributed by atoms with E-state index in [2.05, 4.69) is 34.6 Å². The molecule has 4 aliphatic rings. The Morgan fingerprint density at radius 1 is 0.889 bits per heavy atom. The van der Waals surface area contributed by atoms with Crippen molar-refractivity contribution >= 4 is 0 Å². The Labute approximate surface area is 170 Å². The normalized spacial score (nSPS) is 42.7. The maximum Gasteiger partial charge on any atom is -0.00825 e. The number of rotatable bonds is 5. The van der Waals surface area contributed by atoms with Gasteiger partial charge >= 0.3 is 0 Å². The summed E-state index contributed by atoms with van der Waals surface area (Å²) in [6, 6.07) is 0. The Bertz CT molecular complexity index is 569. The molecule has 154 valence electrons. The van der Waals surface area contributed by atoms with Crippen molar-refractivity contribution in [1.82, 2.24) is 0 Å². The van der Waals surface area contributed by atoms with Crippen molar-refractivity contribution in [1.29, 1.82) is 0 Å². The van der Waals surface area contributed by atoms with E-state index in [0.717, 1.165) is 29.6 Å². The van der Waals surface area contributed by atoms with Gasteiger partial charge in [-0.2, -0.15) is 0 Å². The summed E-state index contributed by atoms with van der Waals surface area (Å²) in [6.07, 6.45) is 19.3. The van der Waals surface area contributed by atoms with Crippen LogP contribution in [-0.4, -0.2) is 0 Å². The summed E-state index contributed by atoms with van der Waals surface area (Å²) in [5, 5.41) is 0. The molecule has 27 heavy (non-hydrogen) atoms. The van der Waals surface area contributed by atoms with Gasteiger partial charge in [-0.05, 0) is 91.8 Å². The lowest BCUT2D eigenvalue weighted by atomic mass is 9.49. The molecule has 0 nitrogen and oxygen atoms in total. The van der Waals surface area contributed by atoms with Crippen LogP contribution in [0.1, 0.15) is 118 Å². The number of hydrogen-bond acceptors (Lipinski definition) is 0. The van der Waals surface area contributed by atoms with Crippen molar-refractivity contribution in [3.63, 3.8) is 0 Å². The molecule has 0 N–H and O–H groups in total. The maximum atomic E-state index is 2.70. The molecule has 0 amide bonds. The topological polar surface area (TPSA) is 0 Å². The number of allylic oxidation sites excluding steroid dienone is 2. The van der Waals surface area contributed by atoms with Crippen molar-refractivity contribution in [3.8, 4) is 0 Å². The predicted molar refractivity (Wildman–Crippen MR) is 118 cm³/mol. The number of fused-ring (bicyclic) bond motifs is 4. The fraction of sp³-hybridized carbons (Fsp3) is 0.926. The lowest BCUT2D eigenvalue weighted by Crippen LogP contribution is -2.46. The van der Waals surface area contributed by atoms with E-state index in [9.17, 15) is 0 Å². The molecule has 4 aliphatic carbocycles. The zero-order chi connectivity index (χ0) is 19.2. The summed E-state index contributed by atoms with van der Waals surface area (Å²) in [6.45, 7) is 12.7. The summed E-state index contributed by atoms with van der Waals surface area (Å²) in [5.74, 6) is 4.75. The fourth-order valence-corrected chi connectivity index (χ4v) is 8.53. The fourth-order valence-electron chi connectivity index (χ4n) is 8.53. The van der Waals surface area contributed by atoms with Crippen molar-refractivity contribution in [2.75, 3.05) is 0 Å². The molecule has 0 spiro atoms. The van der Waals surface area contributed by atoms with Gasteiger partial charge in [0.25, 0.3) is 0 Å². The third-order valence-electron chi connectivity index (χ3n) is 10.1. The highest BCUT2D eigenvalue weighted by Crippen LogP contribution is 2.65. The highest BCUT2D eigenvalue weighted by molar-refractivity contribution is 5.34. The Balaban J connectivity index is 1.54. The molecule has 0 heterocycles. The van der Waals surface area contributed by atoms with E-state index in [4.69, 9.17) is 0 Å². The van der Waals surface area contributed by atoms with Gasteiger partial charge in [-0.25, -0.2) is 0 Å². The quantitative estimate of drug-likeness (QED) is 0.425. The molecule has 0 aromatic rings. The van der Waals surface area contributed by atoms with Gasteiger partial charge in [-0.3, -0.25) is 0 Å². The minimum Gasteiger partial charge on any atom is -0.0668 e. The average Bonchev–Trinajstić information content (AvgIpc) is 2.98. The molecule has 6 atom stereocenters. The van der Waals surface area contributed by atoms with Crippen LogP contribution < -0.4 is 0 Å². The molecule has 3 saturated carbocycles. The van der Waals surface area contributed by atoms with Gasteiger partial charge in [-0.1, -0.05) is 77.9 Å². The molecule has 0 aliphatic heterocycles. The van der Waals surface area contributed by atoms with E-state index in [-0.39, 0.29) is 0 Å². The SMILES string of the molecule is CC(C)CCCC(C)C1CCC2=C3CCC4CCCCC4(C)C3CCC21C. The van der Waals surface area contributed by atoms with Gasteiger partial charge in [0.1, 0.15) is 0 Å². The molecule has 0 aromatic heterocycles. The molecule has 6 unspecified atom stereocenters.